The fourth-order valence-corrected chi connectivity index (χ4v) is 2.80. The predicted molar refractivity (Wildman–Crippen MR) is 94.5 cm³/mol. The highest BCUT2D eigenvalue weighted by atomic mass is 32.1. The van der Waals surface area contributed by atoms with Gasteiger partial charge in [0.05, 0.1) is 0 Å². The lowest BCUT2D eigenvalue weighted by Crippen LogP contribution is -2.40. The van der Waals surface area contributed by atoms with E-state index in [0.717, 1.165) is 25.9 Å². The van der Waals surface area contributed by atoms with E-state index in [4.69, 9.17) is 0 Å². The highest BCUT2D eigenvalue weighted by Gasteiger charge is 2.06. The van der Waals surface area contributed by atoms with Crippen molar-refractivity contribution in [2.75, 3.05) is 26.2 Å². The maximum absolute atomic E-state index is 11.6. The largest absolute Gasteiger partial charge is 0.357 e. The third kappa shape index (κ3) is 8.02. The van der Waals surface area contributed by atoms with Gasteiger partial charge in [-0.25, -0.2) is 4.99 Å². The van der Waals surface area contributed by atoms with Crippen LogP contribution in [0.1, 0.15) is 32.1 Å². The molecule has 22 heavy (non-hydrogen) atoms. The summed E-state index contributed by atoms with van der Waals surface area (Å²) in [5.74, 6) is 1.18. The number of nitrogens with one attached hydrogen (secondary N) is 3. The lowest BCUT2D eigenvalue weighted by Gasteiger charge is -2.15. The minimum absolute atomic E-state index is 0.0364. The van der Waals surface area contributed by atoms with E-state index in [1.807, 2.05) is 13.8 Å². The van der Waals surface area contributed by atoms with Gasteiger partial charge in [0.1, 0.15) is 6.54 Å². The molecule has 0 saturated heterocycles. The van der Waals surface area contributed by atoms with Gasteiger partial charge in [-0.2, -0.15) is 0 Å². The number of rotatable bonds is 9. The summed E-state index contributed by atoms with van der Waals surface area (Å²) in [6, 6.07) is 4.25. The van der Waals surface area contributed by atoms with Crippen molar-refractivity contribution in [3.05, 3.63) is 22.4 Å². The van der Waals surface area contributed by atoms with Gasteiger partial charge in [0, 0.05) is 24.5 Å². The first-order valence-electron chi connectivity index (χ1n) is 7.96. The van der Waals surface area contributed by atoms with Crippen molar-refractivity contribution in [1.29, 1.82) is 0 Å². The first kappa shape index (κ1) is 18.5. The van der Waals surface area contributed by atoms with Gasteiger partial charge in [0.15, 0.2) is 5.96 Å². The van der Waals surface area contributed by atoms with Gasteiger partial charge in [0.2, 0.25) is 5.91 Å². The predicted octanol–water partition coefficient (Wildman–Crippen LogP) is 2.01. The Morgan fingerprint density at radius 1 is 1.32 bits per heavy atom. The molecule has 0 aliphatic carbocycles. The summed E-state index contributed by atoms with van der Waals surface area (Å²) in [6.07, 6.45) is 2.00. The van der Waals surface area contributed by atoms with Gasteiger partial charge in [-0.3, -0.25) is 4.79 Å². The molecule has 1 atom stereocenters. The Morgan fingerprint density at radius 2 is 2.14 bits per heavy atom. The third-order valence-corrected chi connectivity index (χ3v) is 3.94. The summed E-state index contributed by atoms with van der Waals surface area (Å²) in [6.45, 7) is 8.74. The van der Waals surface area contributed by atoms with Crippen LogP contribution in [0.5, 0.6) is 0 Å². The second-order valence-electron chi connectivity index (χ2n) is 5.31. The second kappa shape index (κ2) is 11.1. The summed E-state index contributed by atoms with van der Waals surface area (Å²) >= 11 is 1.79. The first-order chi connectivity index (χ1) is 10.7. The Balaban J connectivity index is 2.37. The van der Waals surface area contributed by atoms with Crippen LogP contribution in [-0.4, -0.2) is 38.0 Å². The Morgan fingerprint density at radius 3 is 2.77 bits per heavy atom. The van der Waals surface area contributed by atoms with Gasteiger partial charge in [0.25, 0.3) is 0 Å². The van der Waals surface area contributed by atoms with Gasteiger partial charge >= 0.3 is 0 Å². The molecule has 0 aliphatic rings. The van der Waals surface area contributed by atoms with E-state index in [1.165, 1.54) is 4.88 Å². The number of hydrogen-bond acceptors (Lipinski definition) is 3. The average molecular weight is 324 g/mol. The Bertz CT molecular complexity index is 445. The zero-order valence-electron chi connectivity index (χ0n) is 13.8. The third-order valence-electron chi connectivity index (χ3n) is 3.04. The minimum atomic E-state index is -0.0364. The number of carbonyl (C=O) groups excluding carboxylic acids is 1. The summed E-state index contributed by atoms with van der Waals surface area (Å²) in [5.41, 5.74) is 0. The van der Waals surface area contributed by atoms with Crippen LogP contribution in [0.3, 0.4) is 0 Å². The van der Waals surface area contributed by atoms with Gasteiger partial charge in [-0.1, -0.05) is 19.9 Å². The van der Waals surface area contributed by atoms with E-state index in [1.54, 1.807) is 11.3 Å². The van der Waals surface area contributed by atoms with Crippen LogP contribution in [-0.2, 0) is 11.2 Å². The molecular formula is C16H28N4OS. The normalized spacial score (nSPS) is 12.8. The number of guanidine groups is 1. The van der Waals surface area contributed by atoms with Gasteiger partial charge < -0.3 is 16.0 Å². The van der Waals surface area contributed by atoms with Crippen molar-refractivity contribution in [1.82, 2.24) is 16.0 Å². The molecule has 1 rings (SSSR count). The molecule has 6 heteroatoms. The highest BCUT2D eigenvalue weighted by Crippen LogP contribution is 2.13. The van der Waals surface area contributed by atoms with Crippen molar-refractivity contribution in [3.8, 4) is 0 Å². The molecule has 1 aromatic rings. The topological polar surface area (TPSA) is 65.5 Å². The molecule has 0 spiro atoms. The number of aliphatic imine (C=N–C) groups is 1. The molecule has 0 saturated carbocycles. The lowest BCUT2D eigenvalue weighted by atomic mass is 10.1. The quantitative estimate of drug-likeness (QED) is 0.481. The molecule has 0 aliphatic heterocycles. The number of hydrogen-bond donors (Lipinski definition) is 3. The number of amides is 1. The van der Waals surface area contributed by atoms with Crippen molar-refractivity contribution < 1.29 is 4.79 Å². The smallest absolute Gasteiger partial charge is 0.241 e. The molecule has 1 aromatic heterocycles. The summed E-state index contributed by atoms with van der Waals surface area (Å²) < 4.78 is 0. The maximum atomic E-state index is 11.6. The van der Waals surface area contributed by atoms with Crippen LogP contribution >= 0.6 is 11.3 Å². The summed E-state index contributed by atoms with van der Waals surface area (Å²) in [5, 5.41) is 11.4. The minimum Gasteiger partial charge on any atom is -0.357 e. The van der Waals surface area contributed by atoms with Crippen LogP contribution in [0, 0.1) is 5.92 Å². The zero-order valence-corrected chi connectivity index (χ0v) is 14.6. The van der Waals surface area contributed by atoms with E-state index in [-0.39, 0.29) is 12.5 Å². The fourth-order valence-electron chi connectivity index (χ4n) is 1.93. The number of nitrogens with zero attached hydrogens (tertiary/aromatic N) is 1. The van der Waals surface area contributed by atoms with Crippen LogP contribution in [0.2, 0.25) is 0 Å². The molecule has 3 N–H and O–H groups in total. The summed E-state index contributed by atoms with van der Waals surface area (Å²) in [7, 11) is 0. The zero-order chi connectivity index (χ0) is 16.2. The number of carbonyl (C=O) groups is 1. The van der Waals surface area contributed by atoms with Crippen LogP contribution in [0.4, 0.5) is 0 Å². The van der Waals surface area contributed by atoms with Crippen LogP contribution < -0.4 is 16.0 Å². The molecule has 124 valence electrons. The first-order valence-corrected chi connectivity index (χ1v) is 8.84. The number of thiophene rings is 1. The molecule has 1 unspecified atom stereocenters. The second-order valence-corrected chi connectivity index (χ2v) is 6.35. The average Bonchev–Trinajstić information content (AvgIpc) is 3.00. The SMILES string of the molecule is CCCNC(=O)CN=C(NCC)NCC(C)Cc1cccs1. The van der Waals surface area contributed by atoms with E-state index >= 15 is 0 Å². The van der Waals surface area contributed by atoms with E-state index in [2.05, 4.69) is 45.4 Å². The fraction of sp³-hybridized carbons (Fsp3) is 0.625. The lowest BCUT2D eigenvalue weighted by molar-refractivity contribution is -0.119. The van der Waals surface area contributed by atoms with E-state index < -0.39 is 0 Å². The molecule has 0 radical (unpaired) electrons. The van der Waals surface area contributed by atoms with Gasteiger partial charge in [-0.05, 0) is 37.1 Å². The molecule has 1 amide bonds. The molecular weight excluding hydrogens is 296 g/mol. The van der Waals surface area contributed by atoms with Crippen molar-refractivity contribution in [2.45, 2.75) is 33.6 Å². The highest BCUT2D eigenvalue weighted by molar-refractivity contribution is 7.09. The Kier molecular flexibility index (Phi) is 9.30. The van der Waals surface area contributed by atoms with Crippen LogP contribution in [0.15, 0.2) is 22.5 Å². The van der Waals surface area contributed by atoms with E-state index in [9.17, 15) is 4.79 Å². The van der Waals surface area contributed by atoms with Gasteiger partial charge in [-0.15, -0.1) is 11.3 Å². The summed E-state index contributed by atoms with van der Waals surface area (Å²) in [4.78, 5) is 17.3. The molecule has 0 bridgehead atoms. The van der Waals surface area contributed by atoms with Crippen LogP contribution in [0.25, 0.3) is 0 Å². The van der Waals surface area contributed by atoms with Crippen molar-refractivity contribution in [2.24, 2.45) is 10.9 Å². The molecule has 5 nitrogen and oxygen atoms in total. The molecule has 1 heterocycles. The van der Waals surface area contributed by atoms with Crippen molar-refractivity contribution >= 4 is 23.2 Å². The van der Waals surface area contributed by atoms with E-state index in [0.29, 0.717) is 18.4 Å². The Labute approximate surface area is 137 Å². The van der Waals surface area contributed by atoms with Crippen molar-refractivity contribution in [3.63, 3.8) is 0 Å². The monoisotopic (exact) mass is 324 g/mol. The molecule has 0 aromatic carbocycles. The standard InChI is InChI=1S/C16H28N4OS/c1-4-8-18-15(21)12-20-16(17-5-2)19-11-13(3)10-14-7-6-9-22-14/h6-7,9,13H,4-5,8,10-12H2,1-3H3,(H,18,21)(H2,17,19,20). The Hall–Kier alpha value is -1.56. The maximum Gasteiger partial charge on any atom is 0.241 e. The molecule has 0 fully saturated rings.